The van der Waals surface area contributed by atoms with Crippen LogP contribution in [0.1, 0.15) is 45.1 Å². The van der Waals surface area contributed by atoms with E-state index < -0.39 is 0 Å². The normalized spacial score (nSPS) is 15.1. The molecule has 3 heteroatoms. The van der Waals surface area contributed by atoms with E-state index in [9.17, 15) is 4.79 Å². The van der Waals surface area contributed by atoms with Gasteiger partial charge in [-0.25, -0.2) is 0 Å². The van der Waals surface area contributed by atoms with Crippen LogP contribution in [0.4, 0.5) is 0 Å². The Morgan fingerprint density at radius 3 is 2.60 bits per heavy atom. The molecular formula is C17H26N2O. The molecule has 3 nitrogen and oxygen atoms in total. The Morgan fingerprint density at radius 1 is 1.25 bits per heavy atom. The van der Waals surface area contributed by atoms with E-state index in [4.69, 9.17) is 0 Å². The molecule has 0 heterocycles. The van der Waals surface area contributed by atoms with Crippen molar-refractivity contribution in [1.29, 1.82) is 0 Å². The van der Waals surface area contributed by atoms with Gasteiger partial charge in [0.2, 0.25) is 5.91 Å². The Bertz CT molecular complexity index is 424. The number of nitrogens with one attached hydrogen (secondary N) is 2. The molecule has 2 rings (SSSR count). The van der Waals surface area contributed by atoms with Gasteiger partial charge in [-0.3, -0.25) is 4.79 Å². The van der Waals surface area contributed by atoms with Crippen LogP contribution in [-0.2, 0) is 11.2 Å². The lowest BCUT2D eigenvalue weighted by molar-refractivity contribution is -0.121. The first-order chi connectivity index (χ1) is 9.55. The number of hydrogen-bond acceptors (Lipinski definition) is 2. The molecule has 1 aromatic carbocycles. The number of aryl methyl sites for hydroxylation is 1. The summed E-state index contributed by atoms with van der Waals surface area (Å²) in [7, 11) is 0. The van der Waals surface area contributed by atoms with Crippen LogP contribution in [0.25, 0.3) is 0 Å². The zero-order chi connectivity index (χ0) is 14.4. The summed E-state index contributed by atoms with van der Waals surface area (Å²) in [4.78, 5) is 11.6. The third-order valence-electron chi connectivity index (χ3n) is 3.78. The van der Waals surface area contributed by atoms with Gasteiger partial charge >= 0.3 is 0 Å². The van der Waals surface area contributed by atoms with Crippen LogP contribution in [0.2, 0.25) is 0 Å². The highest BCUT2D eigenvalue weighted by atomic mass is 16.1. The van der Waals surface area contributed by atoms with Crippen LogP contribution in [0, 0.1) is 0 Å². The predicted molar refractivity (Wildman–Crippen MR) is 82.6 cm³/mol. The van der Waals surface area contributed by atoms with Gasteiger partial charge in [-0.15, -0.1) is 0 Å². The molecule has 0 unspecified atom stereocenters. The molecule has 0 saturated heterocycles. The summed E-state index contributed by atoms with van der Waals surface area (Å²) in [6.45, 7) is 5.16. The van der Waals surface area contributed by atoms with Gasteiger partial charge in [-0.2, -0.15) is 0 Å². The fourth-order valence-electron chi connectivity index (χ4n) is 2.23. The van der Waals surface area contributed by atoms with Crippen molar-refractivity contribution >= 4 is 5.91 Å². The van der Waals surface area contributed by atoms with Gasteiger partial charge in [0, 0.05) is 24.5 Å². The minimum absolute atomic E-state index is 0.0652. The minimum Gasteiger partial charge on any atom is -0.353 e. The molecule has 1 aromatic rings. The summed E-state index contributed by atoms with van der Waals surface area (Å²) in [5, 5.41) is 6.51. The van der Waals surface area contributed by atoms with Gasteiger partial charge in [0.25, 0.3) is 0 Å². The summed E-state index contributed by atoms with van der Waals surface area (Å²) in [6.07, 6.45) is 5.02. The van der Waals surface area contributed by atoms with Crippen LogP contribution in [0.15, 0.2) is 30.3 Å². The van der Waals surface area contributed by atoms with E-state index in [1.807, 2.05) is 6.07 Å². The van der Waals surface area contributed by atoms with Crippen molar-refractivity contribution in [1.82, 2.24) is 10.6 Å². The fourth-order valence-corrected chi connectivity index (χ4v) is 2.23. The first-order valence-electron chi connectivity index (χ1n) is 7.63. The standard InChI is InChI=1S/C17H26N2O/c1-17(2,12-10-14-6-4-3-5-7-14)18-13-11-16(20)19-15-8-9-15/h3-7,15,18H,8-13H2,1-2H3,(H,19,20). The Kier molecular flexibility index (Phi) is 5.18. The highest BCUT2D eigenvalue weighted by Gasteiger charge is 2.23. The van der Waals surface area contributed by atoms with Crippen molar-refractivity contribution in [3.05, 3.63) is 35.9 Å². The number of hydrogen-bond donors (Lipinski definition) is 2. The number of amides is 1. The first-order valence-corrected chi connectivity index (χ1v) is 7.63. The van der Waals surface area contributed by atoms with Crippen molar-refractivity contribution < 1.29 is 4.79 Å². The summed E-state index contributed by atoms with van der Waals surface area (Å²) >= 11 is 0. The third kappa shape index (κ3) is 5.74. The monoisotopic (exact) mass is 274 g/mol. The highest BCUT2D eigenvalue weighted by molar-refractivity contribution is 5.76. The van der Waals surface area contributed by atoms with Crippen molar-refractivity contribution in [3.8, 4) is 0 Å². The average molecular weight is 274 g/mol. The van der Waals surface area contributed by atoms with Crippen molar-refractivity contribution in [2.45, 2.75) is 57.5 Å². The molecular weight excluding hydrogens is 248 g/mol. The maximum atomic E-state index is 11.6. The van der Waals surface area contributed by atoms with Gasteiger partial charge in [0.1, 0.15) is 0 Å². The molecule has 1 aliphatic carbocycles. The molecule has 1 aliphatic rings. The lowest BCUT2D eigenvalue weighted by Crippen LogP contribution is -2.41. The van der Waals surface area contributed by atoms with Crippen molar-refractivity contribution in [2.75, 3.05) is 6.54 Å². The largest absolute Gasteiger partial charge is 0.353 e. The molecule has 0 aliphatic heterocycles. The zero-order valence-electron chi connectivity index (χ0n) is 12.6. The van der Waals surface area contributed by atoms with E-state index in [-0.39, 0.29) is 11.4 Å². The van der Waals surface area contributed by atoms with E-state index in [2.05, 4.69) is 48.7 Å². The van der Waals surface area contributed by atoms with Crippen LogP contribution < -0.4 is 10.6 Å². The summed E-state index contributed by atoms with van der Waals surface area (Å²) in [5.74, 6) is 0.179. The van der Waals surface area contributed by atoms with Crippen LogP contribution in [-0.4, -0.2) is 24.0 Å². The summed E-state index contributed by atoms with van der Waals surface area (Å²) < 4.78 is 0. The molecule has 2 N–H and O–H groups in total. The van der Waals surface area contributed by atoms with Crippen LogP contribution in [0.3, 0.4) is 0 Å². The SMILES string of the molecule is CC(C)(CCc1ccccc1)NCCC(=O)NC1CC1. The van der Waals surface area contributed by atoms with E-state index >= 15 is 0 Å². The Hall–Kier alpha value is -1.35. The average Bonchev–Trinajstić information content (AvgIpc) is 3.21. The highest BCUT2D eigenvalue weighted by Crippen LogP contribution is 2.18. The van der Waals surface area contributed by atoms with Gasteiger partial charge in [0.15, 0.2) is 0 Å². The molecule has 0 bridgehead atoms. The molecule has 0 spiro atoms. The Labute approximate surface area is 122 Å². The van der Waals surface area contributed by atoms with E-state index in [1.165, 1.54) is 5.56 Å². The molecule has 0 aromatic heterocycles. The fraction of sp³-hybridized carbons (Fsp3) is 0.588. The van der Waals surface area contributed by atoms with Gasteiger partial charge < -0.3 is 10.6 Å². The van der Waals surface area contributed by atoms with Gasteiger partial charge in [-0.1, -0.05) is 30.3 Å². The minimum atomic E-state index is 0.0652. The second-order valence-electron chi connectivity index (χ2n) is 6.39. The molecule has 1 fully saturated rings. The molecule has 0 atom stereocenters. The summed E-state index contributed by atoms with van der Waals surface area (Å²) in [5.41, 5.74) is 1.43. The zero-order valence-corrected chi connectivity index (χ0v) is 12.6. The molecule has 0 radical (unpaired) electrons. The van der Waals surface area contributed by atoms with Crippen LogP contribution >= 0.6 is 0 Å². The second-order valence-corrected chi connectivity index (χ2v) is 6.39. The van der Waals surface area contributed by atoms with E-state index in [0.717, 1.165) is 32.2 Å². The second kappa shape index (κ2) is 6.89. The number of benzene rings is 1. The lowest BCUT2D eigenvalue weighted by Gasteiger charge is -2.26. The number of carbonyl (C=O) groups excluding carboxylic acids is 1. The third-order valence-corrected chi connectivity index (χ3v) is 3.78. The topological polar surface area (TPSA) is 41.1 Å². The van der Waals surface area contributed by atoms with E-state index in [1.54, 1.807) is 0 Å². The van der Waals surface area contributed by atoms with E-state index in [0.29, 0.717) is 12.5 Å². The molecule has 110 valence electrons. The van der Waals surface area contributed by atoms with Crippen molar-refractivity contribution in [2.24, 2.45) is 0 Å². The lowest BCUT2D eigenvalue weighted by atomic mass is 9.95. The summed E-state index contributed by atoms with van der Waals surface area (Å²) in [6, 6.07) is 11.0. The maximum Gasteiger partial charge on any atom is 0.221 e. The van der Waals surface area contributed by atoms with Gasteiger partial charge in [-0.05, 0) is 45.1 Å². The molecule has 1 saturated carbocycles. The molecule has 1 amide bonds. The number of rotatable bonds is 8. The van der Waals surface area contributed by atoms with Gasteiger partial charge in [0.05, 0.1) is 0 Å². The Morgan fingerprint density at radius 2 is 1.95 bits per heavy atom. The Balaban J connectivity index is 1.63. The predicted octanol–water partition coefficient (Wildman–Crippen LogP) is 2.66. The number of carbonyl (C=O) groups is 1. The first kappa shape index (κ1) is 15.0. The van der Waals surface area contributed by atoms with Crippen molar-refractivity contribution in [3.63, 3.8) is 0 Å². The quantitative estimate of drug-likeness (QED) is 0.765. The smallest absolute Gasteiger partial charge is 0.221 e. The maximum absolute atomic E-state index is 11.6. The van der Waals surface area contributed by atoms with Crippen LogP contribution in [0.5, 0.6) is 0 Å². The molecule has 20 heavy (non-hydrogen) atoms.